The van der Waals surface area contributed by atoms with E-state index in [1.54, 1.807) is 6.20 Å². The van der Waals surface area contributed by atoms with E-state index in [0.29, 0.717) is 13.1 Å². The molecule has 2 aromatic rings. The fourth-order valence-corrected chi connectivity index (χ4v) is 3.32. The number of halogens is 1. The van der Waals surface area contributed by atoms with Crippen LogP contribution in [0.25, 0.3) is 0 Å². The zero-order valence-corrected chi connectivity index (χ0v) is 16.4. The number of rotatable bonds is 7. The van der Waals surface area contributed by atoms with E-state index in [1.807, 2.05) is 23.1 Å². The number of carbonyl (C=O) groups is 1. The van der Waals surface area contributed by atoms with Crippen molar-refractivity contribution in [1.29, 1.82) is 0 Å². The summed E-state index contributed by atoms with van der Waals surface area (Å²) in [4.78, 5) is 29.5. The van der Waals surface area contributed by atoms with E-state index in [0.717, 1.165) is 38.0 Å². The smallest absolute Gasteiger partial charge is 0.306 e. The zero-order chi connectivity index (χ0) is 19.1. The number of nitro groups is 1. The summed E-state index contributed by atoms with van der Waals surface area (Å²) in [5.74, 6) is 0.0192. The molecule has 0 radical (unpaired) electrons. The number of nitrogens with one attached hydrogen (secondary N) is 1. The molecule has 1 aliphatic rings. The van der Waals surface area contributed by atoms with Gasteiger partial charge < -0.3 is 10.2 Å². The lowest BCUT2D eigenvalue weighted by Gasteiger charge is -2.31. The molecule has 28 heavy (non-hydrogen) atoms. The lowest BCUT2D eigenvalue weighted by Crippen LogP contribution is -2.41. The number of amides is 1. The van der Waals surface area contributed by atoms with Crippen molar-refractivity contribution in [2.24, 2.45) is 0 Å². The Kier molecular flexibility index (Phi) is 8.34. The van der Waals surface area contributed by atoms with Crippen LogP contribution in [0, 0.1) is 10.1 Å². The summed E-state index contributed by atoms with van der Waals surface area (Å²) in [6, 6.07) is 5.87. The summed E-state index contributed by atoms with van der Waals surface area (Å²) in [6.07, 6.45) is 7.43. The van der Waals surface area contributed by atoms with Gasteiger partial charge in [0.1, 0.15) is 12.4 Å². The van der Waals surface area contributed by atoms with Gasteiger partial charge in [-0.1, -0.05) is 6.07 Å². The Morgan fingerprint density at radius 1 is 1.36 bits per heavy atom. The molecule has 0 bridgehead atoms. The minimum Gasteiger partial charge on any atom is -0.334 e. The molecule has 1 atom stereocenters. The van der Waals surface area contributed by atoms with Crippen molar-refractivity contribution in [3.63, 3.8) is 0 Å². The highest BCUT2D eigenvalue weighted by Gasteiger charge is 2.25. The van der Waals surface area contributed by atoms with Gasteiger partial charge in [-0.15, -0.1) is 12.4 Å². The van der Waals surface area contributed by atoms with Gasteiger partial charge in [-0.3, -0.25) is 24.6 Å². The van der Waals surface area contributed by atoms with Gasteiger partial charge in [0, 0.05) is 25.2 Å². The standard InChI is InChI=1S/C18H24N6O3.ClH/c25-18(7-11-22-14-17(12-21-22)24(26)27)23(13-15-4-1-2-9-20-15)16-5-3-8-19-10-6-16;/h1-2,4,9,12,14,16,19H,3,5-8,10-11,13H2;1H. The largest absolute Gasteiger partial charge is 0.334 e. The lowest BCUT2D eigenvalue weighted by molar-refractivity contribution is -0.385. The summed E-state index contributed by atoms with van der Waals surface area (Å²) in [6.45, 7) is 2.65. The summed E-state index contributed by atoms with van der Waals surface area (Å²) in [5.41, 5.74) is 0.792. The fourth-order valence-electron chi connectivity index (χ4n) is 3.32. The van der Waals surface area contributed by atoms with Gasteiger partial charge in [0.2, 0.25) is 5.91 Å². The third-order valence-corrected chi connectivity index (χ3v) is 4.75. The molecule has 0 aromatic carbocycles. The summed E-state index contributed by atoms with van der Waals surface area (Å²) < 4.78 is 1.45. The Labute approximate surface area is 169 Å². The molecule has 1 aliphatic heterocycles. The highest BCUT2D eigenvalue weighted by Crippen LogP contribution is 2.18. The van der Waals surface area contributed by atoms with Crippen LogP contribution in [-0.2, 0) is 17.9 Å². The van der Waals surface area contributed by atoms with Crippen molar-refractivity contribution in [3.8, 4) is 0 Å². The lowest BCUT2D eigenvalue weighted by atomic mass is 10.1. The van der Waals surface area contributed by atoms with E-state index < -0.39 is 4.92 Å². The molecular weight excluding hydrogens is 384 g/mol. The predicted molar refractivity (Wildman–Crippen MR) is 106 cm³/mol. The van der Waals surface area contributed by atoms with Crippen LogP contribution < -0.4 is 5.32 Å². The molecule has 3 heterocycles. The second-order valence-corrected chi connectivity index (χ2v) is 6.65. The fraction of sp³-hybridized carbons (Fsp3) is 0.500. The first-order chi connectivity index (χ1) is 13.1. The van der Waals surface area contributed by atoms with Crippen LogP contribution in [0.2, 0.25) is 0 Å². The van der Waals surface area contributed by atoms with E-state index in [9.17, 15) is 14.9 Å². The molecule has 2 aromatic heterocycles. The van der Waals surface area contributed by atoms with Gasteiger partial charge in [-0.25, -0.2) is 0 Å². The maximum atomic E-state index is 13.0. The molecule has 1 saturated heterocycles. The minimum absolute atomic E-state index is 0. The molecule has 9 nitrogen and oxygen atoms in total. The van der Waals surface area contributed by atoms with Gasteiger partial charge in [0.25, 0.3) is 0 Å². The Balaban J connectivity index is 0.00000280. The van der Waals surface area contributed by atoms with E-state index in [2.05, 4.69) is 15.4 Å². The Morgan fingerprint density at radius 2 is 2.21 bits per heavy atom. The number of nitrogens with zero attached hydrogens (tertiary/aromatic N) is 5. The normalized spacial score (nSPS) is 16.6. The molecule has 0 spiro atoms. The van der Waals surface area contributed by atoms with Crippen LogP contribution in [0.1, 0.15) is 31.4 Å². The SMILES string of the molecule is Cl.O=C(CCn1cc([N+](=O)[O-])cn1)N(Cc1ccccn1)C1CCCNCC1. The van der Waals surface area contributed by atoms with Crippen molar-refractivity contribution in [3.05, 3.63) is 52.6 Å². The average Bonchev–Trinajstić information content (AvgIpc) is 3.00. The molecule has 1 amide bonds. The van der Waals surface area contributed by atoms with Crippen LogP contribution >= 0.6 is 12.4 Å². The van der Waals surface area contributed by atoms with Gasteiger partial charge in [0.15, 0.2) is 0 Å². The predicted octanol–water partition coefficient (Wildman–Crippen LogP) is 2.17. The summed E-state index contributed by atoms with van der Waals surface area (Å²) in [5, 5.41) is 18.1. The van der Waals surface area contributed by atoms with E-state index in [-0.39, 0.29) is 36.5 Å². The van der Waals surface area contributed by atoms with E-state index >= 15 is 0 Å². The molecule has 152 valence electrons. The van der Waals surface area contributed by atoms with Gasteiger partial charge >= 0.3 is 5.69 Å². The van der Waals surface area contributed by atoms with Gasteiger partial charge in [-0.2, -0.15) is 5.10 Å². The molecule has 1 fully saturated rings. The van der Waals surface area contributed by atoms with Gasteiger partial charge in [-0.05, 0) is 44.5 Å². The van der Waals surface area contributed by atoms with Crippen molar-refractivity contribution in [2.75, 3.05) is 13.1 Å². The average molecular weight is 409 g/mol. The minimum atomic E-state index is -0.489. The zero-order valence-electron chi connectivity index (χ0n) is 15.6. The van der Waals surface area contributed by atoms with Crippen molar-refractivity contribution in [1.82, 2.24) is 25.0 Å². The van der Waals surface area contributed by atoms with Crippen molar-refractivity contribution >= 4 is 24.0 Å². The maximum Gasteiger partial charge on any atom is 0.306 e. The second kappa shape index (κ2) is 10.7. The van der Waals surface area contributed by atoms with E-state index in [1.165, 1.54) is 17.1 Å². The number of carbonyl (C=O) groups excluding carboxylic acids is 1. The quantitative estimate of drug-likeness (QED) is 0.555. The third kappa shape index (κ3) is 6.00. The number of hydrogen-bond donors (Lipinski definition) is 1. The highest BCUT2D eigenvalue weighted by molar-refractivity contribution is 5.85. The van der Waals surface area contributed by atoms with Crippen molar-refractivity contribution in [2.45, 2.75) is 44.8 Å². The molecule has 1 N–H and O–H groups in total. The molecule has 10 heteroatoms. The molecule has 0 aliphatic carbocycles. The molecular formula is C18H25ClN6O3. The molecule has 1 unspecified atom stereocenters. The molecule has 0 saturated carbocycles. The van der Waals surface area contributed by atoms with Crippen LogP contribution in [0.15, 0.2) is 36.8 Å². The Bertz CT molecular complexity index is 762. The first kappa shape index (κ1) is 21.8. The number of pyridine rings is 1. The summed E-state index contributed by atoms with van der Waals surface area (Å²) in [7, 11) is 0. The van der Waals surface area contributed by atoms with Crippen LogP contribution in [0.5, 0.6) is 0 Å². The van der Waals surface area contributed by atoms with E-state index in [4.69, 9.17) is 0 Å². The Morgan fingerprint density at radius 3 is 2.93 bits per heavy atom. The van der Waals surface area contributed by atoms with Crippen LogP contribution in [-0.4, -0.2) is 49.6 Å². The third-order valence-electron chi connectivity index (χ3n) is 4.75. The number of aromatic nitrogens is 3. The van der Waals surface area contributed by atoms with Crippen molar-refractivity contribution < 1.29 is 9.72 Å². The second-order valence-electron chi connectivity index (χ2n) is 6.65. The van der Waals surface area contributed by atoms with Gasteiger partial charge in [0.05, 0.1) is 17.2 Å². The summed E-state index contributed by atoms with van der Waals surface area (Å²) >= 11 is 0. The Hall–Kier alpha value is -2.52. The maximum absolute atomic E-state index is 13.0. The number of aryl methyl sites for hydroxylation is 1. The first-order valence-corrected chi connectivity index (χ1v) is 9.20. The molecule has 3 rings (SSSR count). The topological polar surface area (TPSA) is 106 Å². The number of hydrogen-bond acceptors (Lipinski definition) is 6. The van der Waals surface area contributed by atoms with Crippen LogP contribution in [0.3, 0.4) is 0 Å². The first-order valence-electron chi connectivity index (χ1n) is 9.20. The monoisotopic (exact) mass is 408 g/mol. The highest BCUT2D eigenvalue weighted by atomic mass is 35.5. The van der Waals surface area contributed by atoms with Crippen LogP contribution in [0.4, 0.5) is 5.69 Å².